The molecule has 0 saturated heterocycles. The first kappa shape index (κ1) is 91.5. The molecule has 94 heavy (non-hydrogen) atoms. The molecule has 5 atom stereocenters. The van der Waals surface area contributed by atoms with Crippen molar-refractivity contribution in [3.8, 4) is 0 Å². The fourth-order valence-corrected chi connectivity index (χ4v) is 12.5. The van der Waals surface area contributed by atoms with E-state index in [1.165, 1.54) is 148 Å². The maximum atomic E-state index is 13.1. The van der Waals surface area contributed by atoms with Gasteiger partial charge in [-0.2, -0.15) is 0 Å². The van der Waals surface area contributed by atoms with Gasteiger partial charge in [0.15, 0.2) is 12.2 Å². The van der Waals surface area contributed by atoms with Crippen LogP contribution in [0.2, 0.25) is 0 Å². The molecule has 0 aromatic rings. The van der Waals surface area contributed by atoms with Crippen molar-refractivity contribution < 1.29 is 80.2 Å². The molecule has 0 aromatic heterocycles. The maximum absolute atomic E-state index is 13.1. The molecule has 2 unspecified atom stereocenters. The molecular weight excluding hydrogens is 1230 g/mol. The van der Waals surface area contributed by atoms with Crippen LogP contribution in [0.15, 0.2) is 24.3 Å². The van der Waals surface area contributed by atoms with Crippen LogP contribution >= 0.6 is 15.6 Å². The Balaban J connectivity index is 5.27. The summed E-state index contributed by atoms with van der Waals surface area (Å²) < 4.78 is 68.4. The monoisotopic (exact) mass is 1380 g/mol. The van der Waals surface area contributed by atoms with Gasteiger partial charge in [0.1, 0.15) is 19.3 Å². The van der Waals surface area contributed by atoms with Crippen molar-refractivity contribution in [2.75, 3.05) is 39.6 Å². The molecule has 17 nitrogen and oxygen atoms in total. The quantitative estimate of drug-likeness (QED) is 0.0169. The van der Waals surface area contributed by atoms with Crippen molar-refractivity contribution in [2.45, 2.75) is 375 Å². The summed E-state index contributed by atoms with van der Waals surface area (Å²) in [6.45, 7) is 11.7. The Labute approximate surface area is 573 Å². The number of hydrogen-bond acceptors (Lipinski definition) is 15. The van der Waals surface area contributed by atoms with Gasteiger partial charge in [0.05, 0.1) is 26.4 Å². The highest BCUT2D eigenvalue weighted by Crippen LogP contribution is 2.45. The first-order valence-electron chi connectivity index (χ1n) is 38.2. The number of unbranched alkanes of at least 4 members (excludes halogenated alkanes) is 36. The highest BCUT2D eigenvalue weighted by molar-refractivity contribution is 7.47. The third-order valence-electron chi connectivity index (χ3n) is 16.8. The summed E-state index contributed by atoms with van der Waals surface area (Å²) in [6.07, 6.45) is 53.7. The number of esters is 4. The Morgan fingerprint density at radius 3 is 0.862 bits per heavy atom. The van der Waals surface area contributed by atoms with Crippen LogP contribution in [0.4, 0.5) is 0 Å². The van der Waals surface area contributed by atoms with Gasteiger partial charge >= 0.3 is 39.5 Å². The summed E-state index contributed by atoms with van der Waals surface area (Å²) in [4.78, 5) is 72.7. The molecule has 3 N–H and O–H groups in total. The summed E-state index contributed by atoms with van der Waals surface area (Å²) in [5.74, 6) is 0.0732. The van der Waals surface area contributed by atoms with E-state index in [2.05, 4.69) is 72.8 Å². The Morgan fingerprint density at radius 1 is 0.330 bits per heavy atom. The van der Waals surface area contributed by atoms with E-state index in [9.17, 15) is 43.2 Å². The lowest BCUT2D eigenvalue weighted by molar-refractivity contribution is -0.161. The molecule has 0 aliphatic rings. The first-order chi connectivity index (χ1) is 45.2. The van der Waals surface area contributed by atoms with Crippen LogP contribution < -0.4 is 0 Å². The number of aliphatic hydroxyl groups excluding tert-OH is 1. The lowest BCUT2D eigenvalue weighted by Crippen LogP contribution is -2.30. The minimum atomic E-state index is -4.97. The lowest BCUT2D eigenvalue weighted by atomic mass is 10.0. The highest BCUT2D eigenvalue weighted by atomic mass is 31.2. The predicted molar refractivity (Wildman–Crippen MR) is 381 cm³/mol. The zero-order valence-electron chi connectivity index (χ0n) is 60.9. The number of carbonyl (C=O) groups is 4. The van der Waals surface area contributed by atoms with Gasteiger partial charge < -0.3 is 33.8 Å². The van der Waals surface area contributed by atoms with Gasteiger partial charge in [0.25, 0.3) is 0 Å². The Kier molecular flexibility index (Phi) is 63.5. The fourth-order valence-electron chi connectivity index (χ4n) is 10.9. The molecule has 19 heteroatoms. The molecular formula is C75H142O17P2. The minimum absolute atomic E-state index is 0.0848. The maximum Gasteiger partial charge on any atom is 0.472 e. The number of aliphatic hydroxyl groups is 1. The molecule has 554 valence electrons. The standard InChI is InChI=1S/C75H142O17P2/c1-8-9-10-11-12-13-14-15-16-21-24-30-35-44-51-58-74(79)91-70(62-85-72(77)56-49-42-34-29-23-20-18-17-19-22-27-32-39-46-53-66(2)3)64-89-93(81,82)87-60-69(76)61-88-94(83,84)90-65-71(63-86-73(78)57-50-43-38-37-41-48-55-68(6)7)92-75(80)59-52-45-36-31-26-25-28-33-40-47-54-67(4)5/h13-16,66-71,76H,8-12,17-65H2,1-7H3,(H,81,82)(H,83,84)/b14-13-,16-15-/t69-,70-,71-/m1/s1. The number of ether oxygens (including phenoxy) is 4. The van der Waals surface area contributed by atoms with Gasteiger partial charge in [0, 0.05) is 25.7 Å². The van der Waals surface area contributed by atoms with E-state index < -0.39 is 97.5 Å². The Hall–Kier alpha value is -2.46. The molecule has 0 aromatic carbocycles. The van der Waals surface area contributed by atoms with E-state index in [-0.39, 0.29) is 25.7 Å². The van der Waals surface area contributed by atoms with E-state index in [1.807, 2.05) is 0 Å². The van der Waals surface area contributed by atoms with Crippen molar-refractivity contribution in [3.05, 3.63) is 24.3 Å². The van der Waals surface area contributed by atoms with E-state index >= 15 is 0 Å². The smallest absolute Gasteiger partial charge is 0.462 e. The molecule has 0 bridgehead atoms. The third kappa shape index (κ3) is 68.1. The summed E-state index contributed by atoms with van der Waals surface area (Å²) >= 11 is 0. The zero-order valence-corrected chi connectivity index (χ0v) is 62.7. The van der Waals surface area contributed by atoms with Crippen LogP contribution in [0.5, 0.6) is 0 Å². The Morgan fingerprint density at radius 2 is 0.574 bits per heavy atom. The normalized spacial score (nSPS) is 14.3. The van der Waals surface area contributed by atoms with Gasteiger partial charge in [-0.25, -0.2) is 9.13 Å². The molecule has 0 spiro atoms. The second-order valence-corrected chi connectivity index (χ2v) is 30.7. The van der Waals surface area contributed by atoms with Crippen molar-refractivity contribution >= 4 is 39.5 Å². The SMILES string of the molecule is CCCCCC/C=C\C=C/CCCCCCCC(=O)O[C@H](COC(=O)CCCCCCCCCCCCCCCCC(C)C)COP(=O)(O)OC[C@@H](O)COP(=O)(O)OC[C@@H](COC(=O)CCCCCCCCC(C)C)OC(=O)CCCCCCCCCCCCC(C)C. The summed E-state index contributed by atoms with van der Waals surface area (Å²) in [7, 11) is -9.92. The highest BCUT2D eigenvalue weighted by Gasteiger charge is 2.30. The number of rotatable bonds is 71. The van der Waals surface area contributed by atoms with Gasteiger partial charge in [-0.1, -0.05) is 304 Å². The van der Waals surface area contributed by atoms with E-state index in [0.717, 1.165) is 121 Å². The average Bonchev–Trinajstić information content (AvgIpc) is 1.56. The number of phosphoric acid groups is 2. The largest absolute Gasteiger partial charge is 0.472 e. The predicted octanol–water partition coefficient (Wildman–Crippen LogP) is 21.3. The number of carbonyl (C=O) groups excluding carboxylic acids is 4. The zero-order chi connectivity index (χ0) is 69.4. The summed E-state index contributed by atoms with van der Waals surface area (Å²) in [5, 5.41) is 10.6. The molecule has 0 heterocycles. The second kappa shape index (κ2) is 65.2. The van der Waals surface area contributed by atoms with E-state index in [4.69, 9.17) is 37.0 Å². The average molecular weight is 1380 g/mol. The van der Waals surface area contributed by atoms with Gasteiger partial charge in [-0.15, -0.1) is 0 Å². The van der Waals surface area contributed by atoms with E-state index in [1.54, 1.807) is 0 Å². The topological polar surface area (TPSA) is 237 Å². The molecule has 0 aliphatic carbocycles. The fraction of sp³-hybridized carbons (Fsp3) is 0.893. The number of hydrogen-bond donors (Lipinski definition) is 3. The van der Waals surface area contributed by atoms with Gasteiger partial charge in [-0.3, -0.25) is 37.3 Å². The van der Waals surface area contributed by atoms with Gasteiger partial charge in [-0.05, 0) is 69.1 Å². The number of allylic oxidation sites excluding steroid dienone is 4. The van der Waals surface area contributed by atoms with Crippen LogP contribution in [-0.4, -0.2) is 96.7 Å². The van der Waals surface area contributed by atoms with Crippen LogP contribution in [0.1, 0.15) is 357 Å². The van der Waals surface area contributed by atoms with Gasteiger partial charge in [0.2, 0.25) is 0 Å². The van der Waals surface area contributed by atoms with Crippen LogP contribution in [0, 0.1) is 17.8 Å². The summed E-state index contributed by atoms with van der Waals surface area (Å²) in [5.41, 5.74) is 0. The van der Waals surface area contributed by atoms with Crippen molar-refractivity contribution in [1.82, 2.24) is 0 Å². The van der Waals surface area contributed by atoms with Crippen molar-refractivity contribution in [3.63, 3.8) is 0 Å². The molecule has 0 aliphatic heterocycles. The number of phosphoric ester groups is 2. The summed E-state index contributed by atoms with van der Waals surface area (Å²) in [6, 6.07) is 0. The van der Waals surface area contributed by atoms with Crippen LogP contribution in [0.3, 0.4) is 0 Å². The molecule has 0 rings (SSSR count). The first-order valence-corrected chi connectivity index (χ1v) is 41.2. The molecule has 0 saturated carbocycles. The second-order valence-electron chi connectivity index (χ2n) is 27.8. The Bertz CT molecular complexity index is 1930. The van der Waals surface area contributed by atoms with Crippen molar-refractivity contribution in [2.24, 2.45) is 17.8 Å². The lowest BCUT2D eigenvalue weighted by Gasteiger charge is -2.21. The molecule has 0 radical (unpaired) electrons. The third-order valence-corrected chi connectivity index (χ3v) is 18.7. The van der Waals surface area contributed by atoms with Crippen LogP contribution in [0.25, 0.3) is 0 Å². The van der Waals surface area contributed by atoms with Crippen LogP contribution in [-0.2, 0) is 65.4 Å². The molecule has 0 fully saturated rings. The molecule has 0 amide bonds. The van der Waals surface area contributed by atoms with Crippen molar-refractivity contribution in [1.29, 1.82) is 0 Å². The minimum Gasteiger partial charge on any atom is -0.462 e. The van der Waals surface area contributed by atoms with E-state index in [0.29, 0.717) is 31.6 Å².